The third-order valence-corrected chi connectivity index (χ3v) is 5.44. The maximum Gasteiger partial charge on any atom is 0.272 e. The van der Waals surface area contributed by atoms with E-state index in [1.165, 1.54) is 5.56 Å². The zero-order chi connectivity index (χ0) is 18.6. The van der Waals surface area contributed by atoms with E-state index in [0.29, 0.717) is 17.7 Å². The normalized spacial score (nSPS) is 17.6. The zero-order valence-corrected chi connectivity index (χ0v) is 15.4. The van der Waals surface area contributed by atoms with Crippen LogP contribution in [-0.4, -0.2) is 40.8 Å². The van der Waals surface area contributed by atoms with Crippen molar-refractivity contribution >= 4 is 11.8 Å². The number of rotatable bonds is 5. The molecular formula is C22H25N3O2. The van der Waals surface area contributed by atoms with Gasteiger partial charge in [-0.15, -0.1) is 0 Å². The summed E-state index contributed by atoms with van der Waals surface area (Å²) in [5.74, 6) is 0.634. The number of likely N-dealkylation sites (tertiary alicyclic amines) is 1. The summed E-state index contributed by atoms with van der Waals surface area (Å²) in [5.41, 5.74) is 2.52. The van der Waals surface area contributed by atoms with Crippen molar-refractivity contribution in [1.29, 1.82) is 0 Å². The number of hydrogen-bond acceptors (Lipinski definition) is 3. The molecule has 0 unspecified atom stereocenters. The molecule has 0 radical (unpaired) electrons. The predicted molar refractivity (Wildman–Crippen MR) is 103 cm³/mol. The summed E-state index contributed by atoms with van der Waals surface area (Å²) in [6, 6.07) is 13.8. The summed E-state index contributed by atoms with van der Waals surface area (Å²) >= 11 is 0. The van der Waals surface area contributed by atoms with Crippen LogP contribution >= 0.6 is 0 Å². The molecule has 27 heavy (non-hydrogen) atoms. The smallest absolute Gasteiger partial charge is 0.272 e. The van der Waals surface area contributed by atoms with Crippen molar-refractivity contribution in [3.05, 3.63) is 65.5 Å². The van der Waals surface area contributed by atoms with Gasteiger partial charge in [0, 0.05) is 30.9 Å². The minimum atomic E-state index is 0.0279. The molecule has 0 bridgehead atoms. The van der Waals surface area contributed by atoms with E-state index in [2.05, 4.69) is 22.4 Å². The molecule has 1 saturated heterocycles. The first-order chi connectivity index (χ1) is 13.2. The Balaban J connectivity index is 1.27. The van der Waals surface area contributed by atoms with E-state index in [4.69, 9.17) is 0 Å². The highest BCUT2D eigenvalue weighted by atomic mass is 16.2. The van der Waals surface area contributed by atoms with Crippen LogP contribution in [-0.2, 0) is 6.42 Å². The molecule has 1 N–H and O–H groups in total. The van der Waals surface area contributed by atoms with E-state index in [-0.39, 0.29) is 11.8 Å². The summed E-state index contributed by atoms with van der Waals surface area (Å²) in [4.78, 5) is 30.6. The molecule has 2 heterocycles. The lowest BCUT2D eigenvalue weighted by Crippen LogP contribution is -2.39. The van der Waals surface area contributed by atoms with Gasteiger partial charge in [0.15, 0.2) is 0 Å². The first-order valence-corrected chi connectivity index (χ1v) is 9.79. The first kappa shape index (κ1) is 17.7. The van der Waals surface area contributed by atoms with Gasteiger partial charge in [0.2, 0.25) is 0 Å². The highest BCUT2D eigenvalue weighted by Crippen LogP contribution is 2.23. The third kappa shape index (κ3) is 4.54. The molecule has 1 aliphatic carbocycles. The SMILES string of the molecule is O=C(NC1CC1)c1ccc(CC2CCN(C(=O)c3ccccn3)CC2)cc1. The molecule has 1 aromatic heterocycles. The Morgan fingerprint density at radius 3 is 2.37 bits per heavy atom. The number of carbonyl (C=O) groups excluding carboxylic acids is 2. The van der Waals surface area contributed by atoms with E-state index in [9.17, 15) is 9.59 Å². The molecule has 2 amide bonds. The van der Waals surface area contributed by atoms with Gasteiger partial charge in [-0.3, -0.25) is 14.6 Å². The van der Waals surface area contributed by atoms with E-state index in [1.54, 1.807) is 12.3 Å². The lowest BCUT2D eigenvalue weighted by molar-refractivity contribution is 0.0684. The minimum Gasteiger partial charge on any atom is -0.349 e. The fraction of sp³-hybridized carbons (Fsp3) is 0.409. The van der Waals surface area contributed by atoms with Crippen LogP contribution in [0, 0.1) is 5.92 Å². The van der Waals surface area contributed by atoms with Gasteiger partial charge in [-0.05, 0) is 67.9 Å². The molecule has 5 heteroatoms. The number of hydrogen-bond donors (Lipinski definition) is 1. The first-order valence-electron chi connectivity index (χ1n) is 9.79. The zero-order valence-electron chi connectivity index (χ0n) is 15.4. The number of carbonyl (C=O) groups is 2. The molecule has 140 valence electrons. The number of pyridine rings is 1. The summed E-state index contributed by atoms with van der Waals surface area (Å²) in [6.45, 7) is 1.56. The average molecular weight is 363 g/mol. The predicted octanol–water partition coefficient (Wildman–Crippen LogP) is 3.07. The van der Waals surface area contributed by atoms with E-state index in [0.717, 1.165) is 50.8 Å². The van der Waals surface area contributed by atoms with Gasteiger partial charge < -0.3 is 10.2 Å². The van der Waals surface area contributed by atoms with Crippen LogP contribution in [0.3, 0.4) is 0 Å². The average Bonchev–Trinajstić information content (AvgIpc) is 3.53. The van der Waals surface area contributed by atoms with Crippen LogP contribution in [0.5, 0.6) is 0 Å². The van der Waals surface area contributed by atoms with Gasteiger partial charge >= 0.3 is 0 Å². The Kier molecular flexibility index (Phi) is 5.19. The van der Waals surface area contributed by atoms with Crippen molar-refractivity contribution < 1.29 is 9.59 Å². The molecule has 2 aromatic rings. The summed E-state index contributed by atoms with van der Waals surface area (Å²) in [6.07, 6.45) is 6.87. The molecule has 2 fully saturated rings. The lowest BCUT2D eigenvalue weighted by Gasteiger charge is -2.32. The van der Waals surface area contributed by atoms with Crippen LogP contribution in [0.25, 0.3) is 0 Å². The van der Waals surface area contributed by atoms with Gasteiger partial charge in [0.1, 0.15) is 5.69 Å². The highest BCUT2D eigenvalue weighted by Gasteiger charge is 2.25. The summed E-state index contributed by atoms with van der Waals surface area (Å²) in [7, 11) is 0. The maximum absolute atomic E-state index is 12.5. The second kappa shape index (κ2) is 7.91. The fourth-order valence-corrected chi connectivity index (χ4v) is 3.61. The highest BCUT2D eigenvalue weighted by molar-refractivity contribution is 5.94. The Bertz CT molecular complexity index is 792. The van der Waals surface area contributed by atoms with E-state index >= 15 is 0 Å². The van der Waals surface area contributed by atoms with Crippen LogP contribution in [0.4, 0.5) is 0 Å². The summed E-state index contributed by atoms with van der Waals surface area (Å²) in [5, 5.41) is 3.02. The Labute approximate surface area is 159 Å². The van der Waals surface area contributed by atoms with Crippen molar-refractivity contribution in [3.63, 3.8) is 0 Å². The number of nitrogens with zero attached hydrogens (tertiary/aromatic N) is 2. The minimum absolute atomic E-state index is 0.0279. The molecule has 1 saturated carbocycles. The number of amides is 2. The van der Waals surface area contributed by atoms with E-state index < -0.39 is 0 Å². The van der Waals surface area contributed by atoms with Crippen molar-refractivity contribution in [1.82, 2.24) is 15.2 Å². The van der Waals surface area contributed by atoms with Gasteiger partial charge in [-0.1, -0.05) is 18.2 Å². The van der Waals surface area contributed by atoms with Crippen molar-refractivity contribution in [3.8, 4) is 0 Å². The summed E-state index contributed by atoms with van der Waals surface area (Å²) < 4.78 is 0. The standard InChI is InChI=1S/C22H25N3O2/c26-21(24-19-8-9-19)18-6-4-16(5-7-18)15-17-10-13-25(14-11-17)22(27)20-3-1-2-12-23-20/h1-7,12,17,19H,8-11,13-15H2,(H,24,26). The van der Waals surface area contributed by atoms with Crippen LogP contribution in [0.15, 0.2) is 48.7 Å². The fourth-order valence-electron chi connectivity index (χ4n) is 3.61. The monoisotopic (exact) mass is 363 g/mol. The van der Waals surface area contributed by atoms with E-state index in [1.807, 2.05) is 29.2 Å². The molecule has 2 aliphatic rings. The largest absolute Gasteiger partial charge is 0.349 e. The van der Waals surface area contributed by atoms with Gasteiger partial charge in [0.05, 0.1) is 0 Å². The van der Waals surface area contributed by atoms with Gasteiger partial charge in [-0.25, -0.2) is 0 Å². The van der Waals surface area contributed by atoms with Crippen LogP contribution in [0.2, 0.25) is 0 Å². The number of piperidine rings is 1. The molecule has 1 aromatic carbocycles. The van der Waals surface area contributed by atoms with Gasteiger partial charge in [-0.2, -0.15) is 0 Å². The Hall–Kier alpha value is -2.69. The molecule has 4 rings (SSSR count). The number of benzene rings is 1. The molecule has 5 nitrogen and oxygen atoms in total. The molecular weight excluding hydrogens is 338 g/mol. The maximum atomic E-state index is 12.5. The number of nitrogens with one attached hydrogen (secondary N) is 1. The molecule has 0 spiro atoms. The Morgan fingerprint density at radius 2 is 1.74 bits per heavy atom. The second-order valence-corrected chi connectivity index (χ2v) is 7.60. The van der Waals surface area contributed by atoms with Crippen LogP contribution in [0.1, 0.15) is 52.1 Å². The third-order valence-electron chi connectivity index (χ3n) is 5.44. The van der Waals surface area contributed by atoms with Gasteiger partial charge in [0.25, 0.3) is 11.8 Å². The lowest BCUT2D eigenvalue weighted by atomic mass is 9.89. The second-order valence-electron chi connectivity index (χ2n) is 7.60. The van der Waals surface area contributed by atoms with Crippen molar-refractivity contribution in [2.24, 2.45) is 5.92 Å². The van der Waals surface area contributed by atoms with Crippen LogP contribution < -0.4 is 5.32 Å². The molecule has 1 aliphatic heterocycles. The number of aromatic nitrogens is 1. The topological polar surface area (TPSA) is 62.3 Å². The van der Waals surface area contributed by atoms with Crippen molar-refractivity contribution in [2.75, 3.05) is 13.1 Å². The Morgan fingerprint density at radius 1 is 1.00 bits per heavy atom. The quantitative estimate of drug-likeness (QED) is 0.888. The van der Waals surface area contributed by atoms with Crippen molar-refractivity contribution in [2.45, 2.75) is 38.1 Å². The molecule has 0 atom stereocenters.